The molecule has 0 aliphatic rings. The molecule has 1 aromatic carbocycles. The predicted molar refractivity (Wildman–Crippen MR) is 77.7 cm³/mol. The van der Waals surface area contributed by atoms with Gasteiger partial charge in [-0.2, -0.15) is 0 Å². The third-order valence-electron chi connectivity index (χ3n) is 2.22. The fourth-order valence-electron chi connectivity index (χ4n) is 1.44. The highest BCUT2D eigenvalue weighted by Crippen LogP contribution is 2.17. The number of benzene rings is 1. The molecule has 0 nitrogen and oxygen atoms in total. The molecule has 0 heteroatoms. The van der Waals surface area contributed by atoms with Crippen molar-refractivity contribution in [1.82, 2.24) is 0 Å². The molecule has 0 aliphatic carbocycles. The van der Waals surface area contributed by atoms with E-state index in [9.17, 15) is 0 Å². The molecule has 0 unspecified atom stereocenters. The normalized spacial score (nSPS) is 10.0. The molecular weight excluding hydrogens is 192 g/mol. The van der Waals surface area contributed by atoms with E-state index in [1.807, 2.05) is 6.08 Å². The largest absolute Gasteiger partial charge is 0.0985 e. The van der Waals surface area contributed by atoms with Crippen molar-refractivity contribution in [3.8, 4) is 0 Å². The van der Waals surface area contributed by atoms with Crippen molar-refractivity contribution in [3.05, 3.63) is 54.1 Å². The second kappa shape index (κ2) is 8.96. The maximum absolute atomic E-state index is 3.85. The highest BCUT2D eigenvalue weighted by Gasteiger charge is 1.96. The number of aryl methyl sites for hydroxylation is 1. The van der Waals surface area contributed by atoms with E-state index in [1.54, 1.807) is 0 Å². The first-order valence-electron chi connectivity index (χ1n) is 5.17. The Morgan fingerprint density at radius 1 is 1.31 bits per heavy atom. The van der Waals surface area contributed by atoms with Crippen LogP contribution in [0.5, 0.6) is 0 Å². The highest BCUT2D eigenvalue weighted by molar-refractivity contribution is 5.73. The number of hydrogen-bond acceptors (Lipinski definition) is 0. The van der Waals surface area contributed by atoms with Crippen LogP contribution in [0.25, 0.3) is 5.57 Å². The van der Waals surface area contributed by atoms with Gasteiger partial charge in [0.1, 0.15) is 0 Å². The van der Waals surface area contributed by atoms with Crippen LogP contribution in [0, 0.1) is 6.92 Å². The quantitative estimate of drug-likeness (QED) is 0.574. The molecule has 0 saturated heterocycles. The lowest BCUT2D eigenvalue weighted by molar-refractivity contribution is 0.960. The van der Waals surface area contributed by atoms with E-state index in [4.69, 9.17) is 0 Å². The van der Waals surface area contributed by atoms with E-state index in [-0.39, 0.29) is 14.9 Å². The number of unbranched alkanes of at least 4 members (excludes halogenated alkanes) is 1. The molecule has 0 bridgehead atoms. The van der Waals surface area contributed by atoms with Crippen LogP contribution in [0.15, 0.2) is 43.0 Å². The van der Waals surface area contributed by atoms with Gasteiger partial charge in [-0.15, -0.1) is 0 Å². The molecule has 0 radical (unpaired) electrons. The minimum absolute atomic E-state index is 0. The smallest absolute Gasteiger partial charge is 0.0185 e. The average molecular weight is 218 g/mol. The van der Waals surface area contributed by atoms with Gasteiger partial charge >= 0.3 is 0 Å². The van der Waals surface area contributed by atoms with Crippen LogP contribution in [0.4, 0.5) is 0 Å². The standard InChI is InChI=1S/C14H18.2CH4/c1-4-6-9-13(5-2)14-10-7-8-12(3)11-14;;/h5,7-11H,2,4,6H2,1,3H3;2*1H4/b13-9+;;. The third-order valence-corrected chi connectivity index (χ3v) is 2.22. The van der Waals surface area contributed by atoms with Gasteiger partial charge in [-0.1, -0.05) is 76.8 Å². The third kappa shape index (κ3) is 4.97. The van der Waals surface area contributed by atoms with E-state index in [2.05, 4.69) is 50.8 Å². The van der Waals surface area contributed by atoms with E-state index in [0.717, 1.165) is 6.42 Å². The van der Waals surface area contributed by atoms with Crippen molar-refractivity contribution in [2.75, 3.05) is 0 Å². The lowest BCUT2D eigenvalue weighted by atomic mass is 10.0. The van der Waals surface area contributed by atoms with Gasteiger partial charge in [-0.25, -0.2) is 0 Å². The van der Waals surface area contributed by atoms with E-state index in [0.29, 0.717) is 0 Å². The van der Waals surface area contributed by atoms with Gasteiger partial charge < -0.3 is 0 Å². The summed E-state index contributed by atoms with van der Waals surface area (Å²) in [6, 6.07) is 8.54. The maximum atomic E-state index is 3.85. The molecule has 0 spiro atoms. The first-order valence-corrected chi connectivity index (χ1v) is 5.17. The van der Waals surface area contributed by atoms with Crippen LogP contribution in [-0.2, 0) is 0 Å². The van der Waals surface area contributed by atoms with Gasteiger partial charge in [0.25, 0.3) is 0 Å². The van der Waals surface area contributed by atoms with Crippen LogP contribution in [-0.4, -0.2) is 0 Å². The fourth-order valence-corrected chi connectivity index (χ4v) is 1.44. The fraction of sp³-hybridized carbons (Fsp3) is 0.375. The zero-order valence-electron chi connectivity index (χ0n) is 9.09. The lowest BCUT2D eigenvalue weighted by Crippen LogP contribution is -1.82. The Bertz CT molecular complexity index is 332. The molecule has 90 valence electrons. The van der Waals surface area contributed by atoms with Gasteiger partial charge in [0.15, 0.2) is 0 Å². The first kappa shape index (κ1) is 17.1. The highest BCUT2D eigenvalue weighted by atomic mass is 14.0. The molecule has 0 amide bonds. The van der Waals surface area contributed by atoms with Gasteiger partial charge in [0, 0.05) is 0 Å². The number of allylic oxidation sites excluding steroid dienone is 3. The zero-order chi connectivity index (χ0) is 10.4. The average Bonchev–Trinajstić information content (AvgIpc) is 2.19. The Morgan fingerprint density at radius 2 is 2.00 bits per heavy atom. The van der Waals surface area contributed by atoms with Gasteiger partial charge in [0.05, 0.1) is 0 Å². The molecule has 0 heterocycles. The van der Waals surface area contributed by atoms with Crippen molar-refractivity contribution >= 4 is 5.57 Å². The topological polar surface area (TPSA) is 0 Å². The Labute approximate surface area is 102 Å². The summed E-state index contributed by atoms with van der Waals surface area (Å²) in [6.45, 7) is 8.15. The molecule has 1 rings (SSSR count). The summed E-state index contributed by atoms with van der Waals surface area (Å²) in [5, 5.41) is 0. The lowest BCUT2D eigenvalue weighted by Gasteiger charge is -2.03. The Balaban J connectivity index is 0. The molecule has 16 heavy (non-hydrogen) atoms. The Hall–Kier alpha value is -1.30. The summed E-state index contributed by atoms with van der Waals surface area (Å²) in [5.74, 6) is 0. The summed E-state index contributed by atoms with van der Waals surface area (Å²) in [5.41, 5.74) is 3.82. The molecule has 0 atom stereocenters. The van der Waals surface area contributed by atoms with Crippen LogP contribution >= 0.6 is 0 Å². The van der Waals surface area contributed by atoms with Crippen LogP contribution in [0.1, 0.15) is 45.7 Å². The van der Waals surface area contributed by atoms with Crippen molar-refractivity contribution in [2.45, 2.75) is 41.5 Å². The summed E-state index contributed by atoms with van der Waals surface area (Å²) in [7, 11) is 0. The molecule has 0 aliphatic heterocycles. The van der Waals surface area contributed by atoms with Crippen molar-refractivity contribution in [3.63, 3.8) is 0 Å². The monoisotopic (exact) mass is 218 g/mol. The van der Waals surface area contributed by atoms with Crippen molar-refractivity contribution in [2.24, 2.45) is 0 Å². The molecule has 0 fully saturated rings. The summed E-state index contributed by atoms with van der Waals surface area (Å²) < 4.78 is 0. The summed E-state index contributed by atoms with van der Waals surface area (Å²) in [6.07, 6.45) is 6.49. The van der Waals surface area contributed by atoms with E-state index >= 15 is 0 Å². The van der Waals surface area contributed by atoms with Crippen molar-refractivity contribution in [1.29, 1.82) is 0 Å². The molecule has 0 saturated carbocycles. The molecule has 0 N–H and O–H groups in total. The predicted octanol–water partition coefficient (Wildman–Crippen LogP) is 5.64. The molecular formula is C16H26. The van der Waals surface area contributed by atoms with Crippen LogP contribution < -0.4 is 0 Å². The van der Waals surface area contributed by atoms with Gasteiger partial charge in [0.2, 0.25) is 0 Å². The minimum atomic E-state index is 0. The van der Waals surface area contributed by atoms with Crippen LogP contribution in [0.2, 0.25) is 0 Å². The first-order chi connectivity index (χ1) is 6.77. The second-order valence-electron chi connectivity index (χ2n) is 3.52. The minimum Gasteiger partial charge on any atom is -0.0985 e. The zero-order valence-corrected chi connectivity index (χ0v) is 9.09. The van der Waals surface area contributed by atoms with E-state index < -0.39 is 0 Å². The Kier molecular flexibility index (Phi) is 9.58. The second-order valence-corrected chi connectivity index (χ2v) is 3.52. The Morgan fingerprint density at radius 3 is 2.50 bits per heavy atom. The van der Waals surface area contributed by atoms with Crippen LogP contribution in [0.3, 0.4) is 0 Å². The van der Waals surface area contributed by atoms with Gasteiger partial charge in [-0.05, 0) is 24.5 Å². The summed E-state index contributed by atoms with van der Waals surface area (Å²) >= 11 is 0. The van der Waals surface area contributed by atoms with E-state index in [1.165, 1.54) is 23.1 Å². The molecule has 1 aromatic rings. The summed E-state index contributed by atoms with van der Waals surface area (Å²) in [4.78, 5) is 0. The maximum Gasteiger partial charge on any atom is -0.0185 e. The molecule has 0 aromatic heterocycles. The number of rotatable bonds is 4. The number of hydrogen-bond donors (Lipinski definition) is 0. The SMILES string of the molecule is C.C.C=C/C(=C\CCC)c1cccc(C)c1. The van der Waals surface area contributed by atoms with Gasteiger partial charge in [-0.3, -0.25) is 0 Å². The van der Waals surface area contributed by atoms with Crippen molar-refractivity contribution < 1.29 is 0 Å².